The SMILES string of the molecule is O=C(O)c1ccc(Cl)cc1-c1ccc(Cl)c2ccccc12. The topological polar surface area (TPSA) is 37.3 Å². The minimum absolute atomic E-state index is 0.215. The van der Waals surface area contributed by atoms with E-state index in [4.69, 9.17) is 23.2 Å². The number of carbonyl (C=O) groups is 1. The smallest absolute Gasteiger partial charge is 0.336 e. The monoisotopic (exact) mass is 316 g/mol. The lowest BCUT2D eigenvalue weighted by atomic mass is 9.94. The first-order chi connectivity index (χ1) is 10.1. The zero-order valence-electron chi connectivity index (χ0n) is 10.8. The molecule has 2 nitrogen and oxygen atoms in total. The lowest BCUT2D eigenvalue weighted by molar-refractivity contribution is 0.0698. The van der Waals surface area contributed by atoms with Gasteiger partial charge < -0.3 is 5.11 Å². The second kappa shape index (κ2) is 5.40. The van der Waals surface area contributed by atoms with Crippen molar-refractivity contribution in [3.63, 3.8) is 0 Å². The molecule has 0 amide bonds. The van der Waals surface area contributed by atoms with Crippen LogP contribution in [0.15, 0.2) is 54.6 Å². The summed E-state index contributed by atoms with van der Waals surface area (Å²) in [6.45, 7) is 0. The number of hydrogen-bond acceptors (Lipinski definition) is 1. The molecule has 3 aromatic rings. The predicted molar refractivity (Wildman–Crippen MR) is 86.4 cm³/mol. The van der Waals surface area contributed by atoms with Gasteiger partial charge in [0.2, 0.25) is 0 Å². The van der Waals surface area contributed by atoms with Crippen molar-refractivity contribution in [2.75, 3.05) is 0 Å². The fourth-order valence-electron chi connectivity index (χ4n) is 2.42. The highest BCUT2D eigenvalue weighted by Crippen LogP contribution is 2.35. The molecule has 0 bridgehead atoms. The molecule has 0 heterocycles. The normalized spacial score (nSPS) is 10.8. The van der Waals surface area contributed by atoms with Crippen LogP contribution in [0.1, 0.15) is 10.4 Å². The van der Waals surface area contributed by atoms with Crippen LogP contribution in [0, 0.1) is 0 Å². The van der Waals surface area contributed by atoms with E-state index in [0.717, 1.165) is 16.3 Å². The molecular formula is C17H10Cl2O2. The van der Waals surface area contributed by atoms with Gasteiger partial charge in [0.25, 0.3) is 0 Å². The Bertz CT molecular complexity index is 857. The van der Waals surface area contributed by atoms with Crippen LogP contribution in [0.2, 0.25) is 10.0 Å². The molecule has 0 unspecified atom stereocenters. The summed E-state index contributed by atoms with van der Waals surface area (Å²) < 4.78 is 0. The van der Waals surface area contributed by atoms with Gasteiger partial charge in [-0.2, -0.15) is 0 Å². The molecule has 0 spiro atoms. The van der Waals surface area contributed by atoms with E-state index in [0.29, 0.717) is 15.6 Å². The molecule has 0 saturated carbocycles. The van der Waals surface area contributed by atoms with Crippen molar-refractivity contribution in [1.29, 1.82) is 0 Å². The van der Waals surface area contributed by atoms with Crippen LogP contribution in [0.3, 0.4) is 0 Å². The summed E-state index contributed by atoms with van der Waals surface area (Å²) >= 11 is 12.2. The van der Waals surface area contributed by atoms with E-state index in [-0.39, 0.29) is 5.56 Å². The van der Waals surface area contributed by atoms with Gasteiger partial charge >= 0.3 is 5.97 Å². The van der Waals surface area contributed by atoms with Crippen molar-refractivity contribution in [1.82, 2.24) is 0 Å². The first-order valence-electron chi connectivity index (χ1n) is 6.28. The van der Waals surface area contributed by atoms with Crippen LogP contribution in [-0.2, 0) is 0 Å². The number of fused-ring (bicyclic) bond motifs is 1. The van der Waals surface area contributed by atoms with E-state index >= 15 is 0 Å². The molecule has 3 aromatic carbocycles. The predicted octanol–water partition coefficient (Wildman–Crippen LogP) is 5.51. The maximum atomic E-state index is 11.4. The number of carboxylic acid groups (broad SMARTS) is 1. The van der Waals surface area contributed by atoms with E-state index < -0.39 is 5.97 Å². The molecular weight excluding hydrogens is 307 g/mol. The molecule has 104 valence electrons. The van der Waals surface area contributed by atoms with Crippen molar-refractivity contribution >= 4 is 39.9 Å². The number of aromatic carboxylic acids is 1. The Morgan fingerprint density at radius 2 is 1.57 bits per heavy atom. The average Bonchev–Trinajstić information content (AvgIpc) is 2.47. The summed E-state index contributed by atoms with van der Waals surface area (Å²) in [6.07, 6.45) is 0. The Morgan fingerprint density at radius 1 is 0.857 bits per heavy atom. The molecule has 0 aromatic heterocycles. The minimum atomic E-state index is -0.985. The van der Waals surface area contributed by atoms with Gasteiger partial charge in [-0.1, -0.05) is 53.5 Å². The largest absolute Gasteiger partial charge is 0.478 e. The summed E-state index contributed by atoms with van der Waals surface area (Å²) in [4.78, 5) is 11.4. The van der Waals surface area contributed by atoms with Crippen LogP contribution in [0.4, 0.5) is 0 Å². The van der Waals surface area contributed by atoms with Crippen LogP contribution in [-0.4, -0.2) is 11.1 Å². The highest BCUT2D eigenvalue weighted by Gasteiger charge is 2.15. The number of rotatable bonds is 2. The van der Waals surface area contributed by atoms with Gasteiger partial charge in [-0.15, -0.1) is 0 Å². The van der Waals surface area contributed by atoms with E-state index in [9.17, 15) is 9.90 Å². The quantitative estimate of drug-likeness (QED) is 0.676. The van der Waals surface area contributed by atoms with Gasteiger partial charge in [-0.3, -0.25) is 0 Å². The molecule has 0 radical (unpaired) electrons. The van der Waals surface area contributed by atoms with Crippen LogP contribution < -0.4 is 0 Å². The first-order valence-corrected chi connectivity index (χ1v) is 7.04. The van der Waals surface area contributed by atoms with Gasteiger partial charge in [0, 0.05) is 15.4 Å². The van der Waals surface area contributed by atoms with Crippen LogP contribution in [0.5, 0.6) is 0 Å². The van der Waals surface area contributed by atoms with Crippen molar-refractivity contribution in [3.8, 4) is 11.1 Å². The number of benzene rings is 3. The summed E-state index contributed by atoms with van der Waals surface area (Å²) in [7, 11) is 0. The van der Waals surface area contributed by atoms with E-state index in [1.54, 1.807) is 18.2 Å². The lowest BCUT2D eigenvalue weighted by Crippen LogP contribution is -1.99. The standard InChI is InChI=1S/C17H10Cl2O2/c18-10-5-6-14(17(20)21)15(9-10)12-7-8-16(19)13-4-2-1-3-11(12)13/h1-9H,(H,20,21). The zero-order valence-corrected chi connectivity index (χ0v) is 12.3. The summed E-state index contributed by atoms with van der Waals surface area (Å²) in [5, 5.41) is 12.3. The highest BCUT2D eigenvalue weighted by atomic mass is 35.5. The van der Waals surface area contributed by atoms with Crippen molar-refractivity contribution in [2.45, 2.75) is 0 Å². The van der Waals surface area contributed by atoms with Crippen LogP contribution >= 0.6 is 23.2 Å². The summed E-state index contributed by atoms with van der Waals surface area (Å²) in [5.41, 5.74) is 1.60. The number of halogens is 2. The van der Waals surface area contributed by atoms with Crippen LogP contribution in [0.25, 0.3) is 21.9 Å². The maximum Gasteiger partial charge on any atom is 0.336 e. The second-order valence-corrected chi connectivity index (χ2v) is 5.48. The fourth-order valence-corrected chi connectivity index (χ4v) is 2.82. The van der Waals surface area contributed by atoms with E-state index in [2.05, 4.69) is 0 Å². The average molecular weight is 317 g/mol. The molecule has 0 aliphatic heterocycles. The third kappa shape index (κ3) is 2.48. The number of carboxylic acids is 1. The van der Waals surface area contributed by atoms with Crippen molar-refractivity contribution in [2.24, 2.45) is 0 Å². The Morgan fingerprint density at radius 3 is 2.29 bits per heavy atom. The van der Waals surface area contributed by atoms with Gasteiger partial charge in [0.15, 0.2) is 0 Å². The first kappa shape index (κ1) is 13.9. The van der Waals surface area contributed by atoms with E-state index in [1.165, 1.54) is 6.07 Å². The molecule has 0 aliphatic rings. The number of hydrogen-bond donors (Lipinski definition) is 1. The molecule has 1 N–H and O–H groups in total. The Hall–Kier alpha value is -2.03. The molecule has 0 saturated heterocycles. The van der Waals surface area contributed by atoms with E-state index in [1.807, 2.05) is 30.3 Å². The molecule has 21 heavy (non-hydrogen) atoms. The summed E-state index contributed by atoms with van der Waals surface area (Å²) in [6, 6.07) is 16.0. The minimum Gasteiger partial charge on any atom is -0.478 e. The highest BCUT2D eigenvalue weighted by molar-refractivity contribution is 6.36. The molecule has 4 heteroatoms. The Labute approximate surface area is 131 Å². The Kier molecular flexibility index (Phi) is 3.58. The third-order valence-electron chi connectivity index (χ3n) is 3.37. The zero-order chi connectivity index (χ0) is 15.0. The van der Waals surface area contributed by atoms with Crippen molar-refractivity contribution in [3.05, 3.63) is 70.2 Å². The lowest BCUT2D eigenvalue weighted by Gasteiger charge is -2.11. The second-order valence-electron chi connectivity index (χ2n) is 4.64. The third-order valence-corrected chi connectivity index (χ3v) is 3.94. The molecule has 0 aliphatic carbocycles. The van der Waals surface area contributed by atoms with Gasteiger partial charge in [-0.05, 0) is 40.8 Å². The van der Waals surface area contributed by atoms with Gasteiger partial charge in [-0.25, -0.2) is 4.79 Å². The maximum absolute atomic E-state index is 11.4. The molecule has 0 atom stereocenters. The van der Waals surface area contributed by atoms with Crippen molar-refractivity contribution < 1.29 is 9.90 Å². The van der Waals surface area contributed by atoms with Gasteiger partial charge in [0.05, 0.1) is 5.56 Å². The molecule has 3 rings (SSSR count). The fraction of sp³-hybridized carbons (Fsp3) is 0. The van der Waals surface area contributed by atoms with Gasteiger partial charge in [0.1, 0.15) is 0 Å². The molecule has 0 fully saturated rings. The Balaban J connectivity index is 2.39. The summed E-state index contributed by atoms with van der Waals surface area (Å²) in [5.74, 6) is -0.985.